The number of nitrogens with two attached hydrogens (primary N) is 1. The average molecular weight is 407 g/mol. The molecule has 28 heavy (non-hydrogen) atoms. The molecule has 7 heteroatoms. The van der Waals surface area contributed by atoms with Crippen LogP contribution in [0, 0.1) is 5.92 Å². The van der Waals surface area contributed by atoms with Gasteiger partial charge in [-0.05, 0) is 63.8 Å². The van der Waals surface area contributed by atoms with Gasteiger partial charge < -0.3 is 20.7 Å². The summed E-state index contributed by atoms with van der Waals surface area (Å²) in [4.78, 5) is 18.3. The Labute approximate surface area is 172 Å². The van der Waals surface area contributed by atoms with Gasteiger partial charge >= 0.3 is 0 Å². The van der Waals surface area contributed by atoms with Crippen molar-refractivity contribution in [3.8, 4) is 5.75 Å². The number of nitrogen functional groups attached to an aromatic ring is 1. The molecule has 0 saturated carbocycles. The number of ether oxygens (including phenoxy) is 1. The van der Waals surface area contributed by atoms with E-state index in [0.29, 0.717) is 34.0 Å². The summed E-state index contributed by atoms with van der Waals surface area (Å²) in [6, 6.07) is 3.79. The summed E-state index contributed by atoms with van der Waals surface area (Å²) in [6.45, 7) is 5.69. The summed E-state index contributed by atoms with van der Waals surface area (Å²) >= 11 is 6.17. The van der Waals surface area contributed by atoms with Gasteiger partial charge in [0.1, 0.15) is 5.75 Å². The second-order valence-electron chi connectivity index (χ2n) is 8.38. The highest BCUT2D eigenvalue weighted by atomic mass is 35.5. The third-order valence-corrected chi connectivity index (χ3v) is 7.05. The molecule has 4 saturated heterocycles. The van der Waals surface area contributed by atoms with Crippen molar-refractivity contribution in [2.45, 2.75) is 44.2 Å². The van der Waals surface area contributed by atoms with Crippen LogP contribution in [0.1, 0.15) is 42.5 Å². The second-order valence-corrected chi connectivity index (χ2v) is 8.78. The minimum absolute atomic E-state index is 0.124. The van der Waals surface area contributed by atoms with Crippen LogP contribution in [-0.2, 0) is 0 Å². The lowest BCUT2D eigenvalue weighted by Gasteiger charge is -2.52. The Morgan fingerprint density at radius 3 is 2.61 bits per heavy atom. The van der Waals surface area contributed by atoms with E-state index in [1.807, 2.05) is 0 Å². The molecule has 4 aliphatic heterocycles. The van der Waals surface area contributed by atoms with Crippen LogP contribution in [0.3, 0.4) is 0 Å². The van der Waals surface area contributed by atoms with E-state index in [1.165, 1.54) is 32.4 Å². The highest BCUT2D eigenvalue weighted by molar-refractivity contribution is 6.33. The number of benzene rings is 1. The number of nitrogens with zero attached hydrogens (tertiary/aromatic N) is 2. The minimum Gasteiger partial charge on any atom is -0.496 e. The Balaban J connectivity index is 1.52. The topological polar surface area (TPSA) is 70.8 Å². The Hall–Kier alpha value is -1.50. The first-order valence-electron chi connectivity index (χ1n) is 10.5. The van der Waals surface area contributed by atoms with Crippen LogP contribution < -0.4 is 15.8 Å². The molecular weight excluding hydrogens is 376 g/mol. The third kappa shape index (κ3) is 3.95. The van der Waals surface area contributed by atoms with Gasteiger partial charge in [-0.2, -0.15) is 0 Å². The first kappa shape index (κ1) is 19.8. The van der Waals surface area contributed by atoms with Gasteiger partial charge in [0.2, 0.25) is 0 Å². The van der Waals surface area contributed by atoms with E-state index in [0.717, 1.165) is 32.5 Å². The fraction of sp³-hybridized carbons (Fsp3) is 0.667. The van der Waals surface area contributed by atoms with Crippen molar-refractivity contribution >= 4 is 23.2 Å². The van der Waals surface area contributed by atoms with E-state index >= 15 is 0 Å². The molecule has 0 aliphatic carbocycles. The number of fused-ring (bicyclic) bond motifs is 3. The van der Waals surface area contributed by atoms with Crippen molar-refractivity contribution in [3.05, 3.63) is 22.7 Å². The summed E-state index contributed by atoms with van der Waals surface area (Å²) in [5, 5.41) is 3.72. The molecule has 1 aromatic carbocycles. The van der Waals surface area contributed by atoms with E-state index in [2.05, 4.69) is 15.1 Å². The predicted octanol–water partition coefficient (Wildman–Crippen LogP) is 2.61. The number of piperidine rings is 4. The van der Waals surface area contributed by atoms with Crippen LogP contribution in [0.4, 0.5) is 5.69 Å². The summed E-state index contributed by atoms with van der Waals surface area (Å²) < 4.78 is 5.38. The third-order valence-electron chi connectivity index (χ3n) is 6.72. The smallest absolute Gasteiger partial charge is 0.255 e. The normalized spacial score (nSPS) is 30.2. The lowest BCUT2D eigenvalue weighted by Crippen LogP contribution is -2.66. The van der Waals surface area contributed by atoms with Gasteiger partial charge in [-0.25, -0.2) is 0 Å². The fourth-order valence-corrected chi connectivity index (χ4v) is 5.31. The fourth-order valence-electron chi connectivity index (χ4n) is 5.15. The molecule has 1 amide bonds. The molecule has 2 atom stereocenters. The van der Waals surface area contributed by atoms with Crippen LogP contribution in [-0.4, -0.2) is 67.6 Å². The van der Waals surface area contributed by atoms with E-state index in [9.17, 15) is 4.79 Å². The lowest BCUT2D eigenvalue weighted by atomic mass is 9.78. The zero-order chi connectivity index (χ0) is 19.7. The number of carbonyl (C=O) groups is 1. The van der Waals surface area contributed by atoms with Gasteiger partial charge in [0.25, 0.3) is 5.91 Å². The predicted molar refractivity (Wildman–Crippen MR) is 112 cm³/mol. The molecule has 5 rings (SSSR count). The summed E-state index contributed by atoms with van der Waals surface area (Å²) in [5.41, 5.74) is 6.74. The Bertz CT molecular complexity index is 715. The number of hydrogen-bond acceptors (Lipinski definition) is 5. The summed E-state index contributed by atoms with van der Waals surface area (Å²) in [6.07, 6.45) is 6.22. The monoisotopic (exact) mass is 406 g/mol. The van der Waals surface area contributed by atoms with E-state index in [1.54, 1.807) is 19.2 Å². The Morgan fingerprint density at radius 1 is 1.21 bits per heavy atom. The molecule has 4 aliphatic rings. The van der Waals surface area contributed by atoms with Gasteiger partial charge in [0.15, 0.2) is 0 Å². The molecule has 154 valence electrons. The molecule has 3 N–H and O–H groups in total. The lowest BCUT2D eigenvalue weighted by molar-refractivity contribution is -0.00523. The number of rotatable bonds is 5. The number of carbonyl (C=O) groups excluding carboxylic acids is 1. The molecule has 6 nitrogen and oxygen atoms in total. The second kappa shape index (κ2) is 8.47. The van der Waals surface area contributed by atoms with E-state index < -0.39 is 0 Å². The van der Waals surface area contributed by atoms with Gasteiger partial charge in [0.05, 0.1) is 23.4 Å². The first-order valence-corrected chi connectivity index (χ1v) is 10.8. The van der Waals surface area contributed by atoms with Crippen molar-refractivity contribution in [2.24, 2.45) is 5.92 Å². The van der Waals surface area contributed by atoms with Crippen LogP contribution in [0.5, 0.6) is 5.75 Å². The molecular formula is C21H31ClN4O2. The van der Waals surface area contributed by atoms with Crippen LogP contribution in [0.25, 0.3) is 0 Å². The SMILES string of the molecule is COc1cc(N)c(Cl)cc1C(=O)NC1C2CCN(CC2)C1CN1CCCCC1. The van der Waals surface area contributed by atoms with E-state index in [-0.39, 0.29) is 11.9 Å². The maximum absolute atomic E-state index is 13.1. The number of anilines is 1. The number of methoxy groups -OCH3 is 1. The zero-order valence-electron chi connectivity index (χ0n) is 16.6. The van der Waals surface area contributed by atoms with Crippen LogP contribution in [0.15, 0.2) is 12.1 Å². The van der Waals surface area contributed by atoms with Crippen molar-refractivity contribution < 1.29 is 9.53 Å². The van der Waals surface area contributed by atoms with Gasteiger partial charge in [-0.15, -0.1) is 0 Å². The molecule has 2 bridgehead atoms. The van der Waals surface area contributed by atoms with Crippen molar-refractivity contribution in [3.63, 3.8) is 0 Å². The maximum Gasteiger partial charge on any atom is 0.255 e. The first-order chi connectivity index (χ1) is 13.6. The van der Waals surface area contributed by atoms with Crippen molar-refractivity contribution in [1.29, 1.82) is 0 Å². The summed E-state index contributed by atoms with van der Waals surface area (Å²) in [5.74, 6) is 0.883. The zero-order valence-corrected chi connectivity index (χ0v) is 17.4. The van der Waals surface area contributed by atoms with Gasteiger partial charge in [-0.3, -0.25) is 9.69 Å². The average Bonchev–Trinajstić information content (AvgIpc) is 2.72. The maximum atomic E-state index is 13.1. The van der Waals surface area contributed by atoms with Gasteiger partial charge in [0, 0.05) is 24.7 Å². The van der Waals surface area contributed by atoms with Crippen molar-refractivity contribution in [1.82, 2.24) is 15.1 Å². The number of hydrogen-bond donors (Lipinski definition) is 2. The minimum atomic E-state index is -0.124. The quantitative estimate of drug-likeness (QED) is 0.735. The number of nitrogens with one attached hydrogen (secondary N) is 1. The molecule has 4 fully saturated rings. The number of amides is 1. The number of halogens is 1. The standard InChI is InChI=1S/C21H31ClN4O2/c1-28-19-12-17(23)16(22)11-15(19)21(27)24-20-14-5-9-26(10-6-14)18(20)13-25-7-3-2-4-8-25/h11-12,14,18,20H,2-10,13,23H2,1H3,(H,24,27). The van der Waals surface area contributed by atoms with Crippen LogP contribution in [0.2, 0.25) is 5.02 Å². The van der Waals surface area contributed by atoms with Crippen molar-refractivity contribution in [2.75, 3.05) is 45.6 Å². The number of likely N-dealkylation sites (tertiary alicyclic amines) is 1. The van der Waals surface area contributed by atoms with E-state index in [4.69, 9.17) is 22.1 Å². The molecule has 1 aromatic rings. The van der Waals surface area contributed by atoms with Crippen LogP contribution >= 0.6 is 11.6 Å². The molecule has 4 heterocycles. The van der Waals surface area contributed by atoms with Gasteiger partial charge in [-0.1, -0.05) is 18.0 Å². The summed E-state index contributed by atoms with van der Waals surface area (Å²) in [7, 11) is 1.55. The molecule has 0 aromatic heterocycles. The highest BCUT2D eigenvalue weighted by Gasteiger charge is 2.43. The Morgan fingerprint density at radius 2 is 1.93 bits per heavy atom. The Kier molecular flexibility index (Phi) is 5.99. The molecule has 0 spiro atoms. The molecule has 2 unspecified atom stereocenters. The highest BCUT2D eigenvalue weighted by Crippen LogP contribution is 2.34. The molecule has 0 radical (unpaired) electrons. The largest absolute Gasteiger partial charge is 0.496 e.